The van der Waals surface area contributed by atoms with Crippen molar-refractivity contribution in [1.29, 1.82) is 0 Å². The van der Waals surface area contributed by atoms with Crippen LogP contribution in [0.3, 0.4) is 0 Å². The third-order valence-electron chi connectivity index (χ3n) is 5.24. The molecule has 0 saturated carbocycles. The number of piperidine rings is 1. The van der Waals surface area contributed by atoms with E-state index >= 15 is 0 Å². The van der Waals surface area contributed by atoms with Gasteiger partial charge in [0.2, 0.25) is 5.76 Å². The topological polar surface area (TPSA) is 67.4 Å². The number of hydrogen-bond donors (Lipinski definition) is 0. The molecule has 7 nitrogen and oxygen atoms in total. The van der Waals surface area contributed by atoms with Crippen molar-refractivity contribution in [3.63, 3.8) is 0 Å². The second-order valence-electron chi connectivity index (χ2n) is 7.13. The van der Waals surface area contributed by atoms with Crippen LogP contribution in [0, 0.1) is 6.92 Å². The molecule has 7 heteroatoms. The number of carbonyl (C=O) groups is 1. The van der Waals surface area contributed by atoms with Crippen molar-refractivity contribution in [2.24, 2.45) is 0 Å². The van der Waals surface area contributed by atoms with E-state index < -0.39 is 0 Å². The van der Waals surface area contributed by atoms with Gasteiger partial charge >= 0.3 is 0 Å². The van der Waals surface area contributed by atoms with E-state index in [1.165, 1.54) is 32.4 Å². The number of amides is 1. The van der Waals surface area contributed by atoms with Gasteiger partial charge in [0, 0.05) is 25.4 Å². The Morgan fingerprint density at radius 2 is 2.16 bits per heavy atom. The number of fused-ring (bicyclic) bond motifs is 1. The molecule has 1 atom stereocenters. The first kappa shape index (κ1) is 16.3. The molecule has 2 aromatic rings. The molecule has 0 spiro atoms. The number of rotatable bonds is 4. The Hall–Kier alpha value is -2.15. The summed E-state index contributed by atoms with van der Waals surface area (Å²) in [6, 6.07) is 3.92. The maximum absolute atomic E-state index is 12.7. The van der Waals surface area contributed by atoms with E-state index in [1.807, 2.05) is 24.1 Å². The van der Waals surface area contributed by atoms with Gasteiger partial charge in [-0.1, -0.05) is 11.6 Å². The lowest BCUT2D eigenvalue weighted by Crippen LogP contribution is -2.42. The highest BCUT2D eigenvalue weighted by Gasteiger charge is 2.30. The van der Waals surface area contributed by atoms with Crippen LogP contribution < -0.4 is 0 Å². The van der Waals surface area contributed by atoms with Crippen LogP contribution in [0.25, 0.3) is 0 Å². The Morgan fingerprint density at radius 3 is 2.92 bits per heavy atom. The van der Waals surface area contributed by atoms with Crippen LogP contribution in [0.4, 0.5) is 0 Å². The molecule has 0 aromatic carbocycles. The predicted molar refractivity (Wildman–Crippen MR) is 92.2 cm³/mol. The van der Waals surface area contributed by atoms with Gasteiger partial charge in [0.15, 0.2) is 0 Å². The molecule has 2 aliphatic heterocycles. The minimum atomic E-state index is -0.0870. The van der Waals surface area contributed by atoms with Gasteiger partial charge in [-0.15, -0.1) is 0 Å². The van der Waals surface area contributed by atoms with Gasteiger partial charge in [-0.3, -0.25) is 9.48 Å². The monoisotopic (exact) mass is 343 g/mol. The summed E-state index contributed by atoms with van der Waals surface area (Å²) in [5.74, 6) is 0.233. The average Bonchev–Trinajstić information content (AvgIpc) is 3.28. The van der Waals surface area contributed by atoms with Gasteiger partial charge in [-0.25, -0.2) is 0 Å². The molecular weight excluding hydrogens is 318 g/mol. The maximum atomic E-state index is 12.7. The molecule has 4 heterocycles. The summed E-state index contributed by atoms with van der Waals surface area (Å²) >= 11 is 0. The lowest BCUT2D eigenvalue weighted by atomic mass is 10.1. The van der Waals surface area contributed by atoms with Crippen LogP contribution in [0.15, 0.2) is 22.9 Å². The fraction of sp³-hybridized carbons (Fsp3) is 0.611. The second-order valence-corrected chi connectivity index (χ2v) is 7.13. The molecule has 2 aliphatic rings. The standard InChI is InChI=1S/C18H25N5O2/c1-14-11-17(25-20-14)18(24)22-12-15-5-7-19-23(15)16(13-22)6-10-21-8-3-2-4-9-21/h5,7,11,16H,2-4,6,8-10,12-13H2,1H3. The zero-order valence-electron chi connectivity index (χ0n) is 14.7. The van der Waals surface area contributed by atoms with Crippen LogP contribution in [-0.2, 0) is 6.54 Å². The van der Waals surface area contributed by atoms with Crippen molar-refractivity contribution in [2.75, 3.05) is 26.2 Å². The SMILES string of the molecule is Cc1cc(C(=O)N2Cc3ccnn3C(CCN3CCCCC3)C2)on1. The molecular formula is C18H25N5O2. The molecule has 0 aliphatic carbocycles. The first-order chi connectivity index (χ1) is 12.2. The van der Waals surface area contributed by atoms with Crippen molar-refractivity contribution >= 4 is 5.91 Å². The fourth-order valence-corrected chi connectivity index (χ4v) is 3.89. The molecule has 0 N–H and O–H groups in total. The van der Waals surface area contributed by atoms with E-state index in [0.717, 1.165) is 24.4 Å². The van der Waals surface area contributed by atoms with Crippen molar-refractivity contribution in [2.45, 2.75) is 45.2 Å². The van der Waals surface area contributed by atoms with Gasteiger partial charge < -0.3 is 14.3 Å². The van der Waals surface area contributed by atoms with Gasteiger partial charge in [0.1, 0.15) is 0 Å². The third-order valence-corrected chi connectivity index (χ3v) is 5.24. The highest BCUT2D eigenvalue weighted by Crippen LogP contribution is 2.25. The molecule has 4 rings (SSSR count). The summed E-state index contributed by atoms with van der Waals surface area (Å²) in [6.07, 6.45) is 6.78. The minimum Gasteiger partial charge on any atom is -0.351 e. The first-order valence-electron chi connectivity index (χ1n) is 9.18. The average molecular weight is 343 g/mol. The van der Waals surface area contributed by atoms with Gasteiger partial charge in [0.25, 0.3) is 5.91 Å². The molecule has 1 fully saturated rings. The Bertz CT molecular complexity index is 731. The van der Waals surface area contributed by atoms with E-state index in [4.69, 9.17) is 4.52 Å². The molecule has 1 unspecified atom stereocenters. The Labute approximate surface area is 147 Å². The molecule has 0 bridgehead atoms. The van der Waals surface area contributed by atoms with Crippen molar-refractivity contribution in [3.8, 4) is 0 Å². The summed E-state index contributed by atoms with van der Waals surface area (Å²) in [5, 5.41) is 8.33. The quantitative estimate of drug-likeness (QED) is 0.852. The Morgan fingerprint density at radius 1 is 1.32 bits per heavy atom. The van der Waals surface area contributed by atoms with E-state index in [-0.39, 0.29) is 11.9 Å². The summed E-state index contributed by atoms with van der Waals surface area (Å²) in [6.45, 7) is 6.51. The number of carbonyl (C=O) groups excluding carboxylic acids is 1. The van der Waals surface area contributed by atoms with Crippen molar-refractivity contribution in [3.05, 3.63) is 35.5 Å². The van der Waals surface area contributed by atoms with Crippen LogP contribution in [0.1, 0.15) is 53.7 Å². The third kappa shape index (κ3) is 3.46. The van der Waals surface area contributed by atoms with E-state index in [1.54, 1.807) is 6.07 Å². The van der Waals surface area contributed by atoms with Crippen LogP contribution in [-0.4, -0.2) is 56.8 Å². The summed E-state index contributed by atoms with van der Waals surface area (Å²) in [5.41, 5.74) is 1.81. The number of hydrogen-bond acceptors (Lipinski definition) is 5. The fourth-order valence-electron chi connectivity index (χ4n) is 3.89. The predicted octanol–water partition coefficient (Wildman–Crippen LogP) is 2.25. The number of aryl methyl sites for hydroxylation is 1. The molecule has 134 valence electrons. The Kier molecular flexibility index (Phi) is 4.57. The zero-order valence-corrected chi connectivity index (χ0v) is 14.7. The lowest BCUT2D eigenvalue weighted by molar-refractivity contribution is 0.0613. The molecule has 2 aromatic heterocycles. The summed E-state index contributed by atoms with van der Waals surface area (Å²) in [4.78, 5) is 17.1. The Balaban J connectivity index is 1.46. The van der Waals surface area contributed by atoms with E-state index in [0.29, 0.717) is 18.8 Å². The number of nitrogens with zero attached hydrogens (tertiary/aromatic N) is 5. The van der Waals surface area contributed by atoms with E-state index in [9.17, 15) is 4.79 Å². The summed E-state index contributed by atoms with van der Waals surface area (Å²) < 4.78 is 7.26. The first-order valence-corrected chi connectivity index (χ1v) is 9.18. The minimum absolute atomic E-state index is 0.0870. The van der Waals surface area contributed by atoms with Crippen LogP contribution in [0.2, 0.25) is 0 Å². The van der Waals surface area contributed by atoms with Gasteiger partial charge in [-0.05, 0) is 45.3 Å². The highest BCUT2D eigenvalue weighted by molar-refractivity contribution is 5.91. The zero-order chi connectivity index (χ0) is 17.2. The smallest absolute Gasteiger partial charge is 0.292 e. The molecule has 0 radical (unpaired) electrons. The van der Waals surface area contributed by atoms with Crippen molar-refractivity contribution in [1.82, 2.24) is 24.7 Å². The van der Waals surface area contributed by atoms with Crippen molar-refractivity contribution < 1.29 is 9.32 Å². The normalized spacial score (nSPS) is 21.3. The molecule has 1 saturated heterocycles. The van der Waals surface area contributed by atoms with Crippen LogP contribution in [0.5, 0.6) is 0 Å². The molecule has 1 amide bonds. The van der Waals surface area contributed by atoms with Gasteiger partial charge in [0.05, 0.1) is 24.0 Å². The largest absolute Gasteiger partial charge is 0.351 e. The van der Waals surface area contributed by atoms with Crippen LogP contribution >= 0.6 is 0 Å². The highest BCUT2D eigenvalue weighted by atomic mass is 16.5. The second kappa shape index (κ2) is 7.00. The molecule has 25 heavy (non-hydrogen) atoms. The lowest BCUT2D eigenvalue weighted by Gasteiger charge is -2.35. The summed E-state index contributed by atoms with van der Waals surface area (Å²) in [7, 11) is 0. The van der Waals surface area contributed by atoms with E-state index in [2.05, 4.69) is 19.8 Å². The maximum Gasteiger partial charge on any atom is 0.292 e. The number of aromatic nitrogens is 3. The number of likely N-dealkylation sites (tertiary alicyclic amines) is 1. The van der Waals surface area contributed by atoms with Gasteiger partial charge in [-0.2, -0.15) is 5.10 Å².